The number of aryl methyl sites for hydroxylation is 1. The fourth-order valence-corrected chi connectivity index (χ4v) is 1.46. The van der Waals surface area contributed by atoms with Crippen molar-refractivity contribution in [3.63, 3.8) is 0 Å². The zero-order chi connectivity index (χ0) is 13.5. The van der Waals surface area contributed by atoms with Gasteiger partial charge in [-0.3, -0.25) is 4.99 Å². The molecule has 0 atom stereocenters. The van der Waals surface area contributed by atoms with Gasteiger partial charge >= 0.3 is 0 Å². The predicted octanol–water partition coefficient (Wildman–Crippen LogP) is 2.52. The van der Waals surface area contributed by atoms with Crippen LogP contribution in [-0.2, 0) is 0 Å². The van der Waals surface area contributed by atoms with Crippen molar-refractivity contribution in [2.45, 2.75) is 13.8 Å². The van der Waals surface area contributed by atoms with Crippen LogP contribution in [0.3, 0.4) is 0 Å². The SMILES string of the molecule is C=C/C(=C\N=C(N)N)c1ccc(C)c(N=CC)c1. The van der Waals surface area contributed by atoms with Crippen molar-refractivity contribution in [2.75, 3.05) is 0 Å². The minimum atomic E-state index is 0.0215. The average Bonchev–Trinajstić information content (AvgIpc) is 2.33. The maximum atomic E-state index is 5.30. The van der Waals surface area contributed by atoms with E-state index >= 15 is 0 Å². The van der Waals surface area contributed by atoms with Gasteiger partial charge in [-0.05, 0) is 36.6 Å². The van der Waals surface area contributed by atoms with Crippen molar-refractivity contribution < 1.29 is 0 Å². The Balaban J connectivity index is 3.23. The summed E-state index contributed by atoms with van der Waals surface area (Å²) in [6, 6.07) is 5.97. The lowest BCUT2D eigenvalue weighted by molar-refractivity contribution is 1.38. The van der Waals surface area contributed by atoms with Gasteiger partial charge in [0.05, 0.1) is 5.69 Å². The average molecular weight is 242 g/mol. The predicted molar refractivity (Wildman–Crippen MR) is 79.0 cm³/mol. The Morgan fingerprint density at radius 3 is 2.61 bits per heavy atom. The quantitative estimate of drug-likeness (QED) is 0.483. The first-order valence-corrected chi connectivity index (χ1v) is 5.59. The number of rotatable bonds is 4. The molecule has 1 aromatic rings. The first-order chi connectivity index (χ1) is 8.58. The molecule has 94 valence electrons. The largest absolute Gasteiger partial charge is 0.370 e. The molecule has 4 heteroatoms. The van der Waals surface area contributed by atoms with Crippen LogP contribution in [0.2, 0.25) is 0 Å². The Bertz CT molecular complexity index is 521. The van der Waals surface area contributed by atoms with E-state index in [0.717, 1.165) is 22.4 Å². The summed E-state index contributed by atoms with van der Waals surface area (Å²) in [5.41, 5.74) is 14.5. The van der Waals surface area contributed by atoms with Gasteiger partial charge in [-0.2, -0.15) is 0 Å². The first-order valence-electron chi connectivity index (χ1n) is 5.59. The minimum absolute atomic E-state index is 0.0215. The van der Waals surface area contributed by atoms with Gasteiger partial charge in [-0.1, -0.05) is 24.8 Å². The van der Waals surface area contributed by atoms with Crippen molar-refractivity contribution in [1.29, 1.82) is 0 Å². The summed E-state index contributed by atoms with van der Waals surface area (Å²) in [6.07, 6.45) is 5.06. The van der Waals surface area contributed by atoms with Crippen molar-refractivity contribution >= 4 is 23.4 Å². The third-order valence-electron chi connectivity index (χ3n) is 2.38. The molecule has 0 saturated carbocycles. The molecule has 0 aromatic heterocycles. The number of nitrogens with two attached hydrogens (primary N) is 2. The molecule has 0 radical (unpaired) electrons. The lowest BCUT2D eigenvalue weighted by atomic mass is 10.0. The molecule has 0 saturated heterocycles. The van der Waals surface area contributed by atoms with Crippen LogP contribution < -0.4 is 11.5 Å². The second-order valence-corrected chi connectivity index (χ2v) is 3.73. The van der Waals surface area contributed by atoms with E-state index in [9.17, 15) is 0 Å². The molecule has 18 heavy (non-hydrogen) atoms. The Kier molecular flexibility index (Phi) is 4.87. The van der Waals surface area contributed by atoms with E-state index in [-0.39, 0.29) is 5.96 Å². The number of guanidine groups is 1. The van der Waals surface area contributed by atoms with Gasteiger partial charge in [-0.15, -0.1) is 0 Å². The van der Waals surface area contributed by atoms with E-state index in [2.05, 4.69) is 16.6 Å². The monoisotopic (exact) mass is 242 g/mol. The fraction of sp³-hybridized carbons (Fsp3) is 0.143. The molecule has 0 unspecified atom stereocenters. The summed E-state index contributed by atoms with van der Waals surface area (Å²) >= 11 is 0. The van der Waals surface area contributed by atoms with E-state index in [1.165, 1.54) is 0 Å². The van der Waals surface area contributed by atoms with Gasteiger partial charge in [0.25, 0.3) is 0 Å². The maximum absolute atomic E-state index is 5.30. The molecular formula is C14H18N4. The number of hydrogen-bond donors (Lipinski definition) is 2. The summed E-state index contributed by atoms with van der Waals surface area (Å²) in [4.78, 5) is 8.18. The third-order valence-corrected chi connectivity index (χ3v) is 2.38. The Morgan fingerprint density at radius 1 is 1.33 bits per heavy atom. The molecular weight excluding hydrogens is 224 g/mol. The highest BCUT2D eigenvalue weighted by atomic mass is 15.0. The van der Waals surface area contributed by atoms with Crippen LogP contribution in [0, 0.1) is 6.92 Å². The third kappa shape index (κ3) is 3.59. The summed E-state index contributed by atoms with van der Waals surface area (Å²) in [5.74, 6) is 0.0215. The molecule has 0 spiro atoms. The summed E-state index contributed by atoms with van der Waals surface area (Å²) in [5, 5.41) is 0. The molecule has 0 aliphatic heterocycles. The zero-order valence-electron chi connectivity index (χ0n) is 10.7. The van der Waals surface area contributed by atoms with E-state index in [1.54, 1.807) is 18.5 Å². The van der Waals surface area contributed by atoms with Crippen LogP contribution >= 0.6 is 0 Å². The van der Waals surface area contributed by atoms with E-state index in [1.807, 2.05) is 32.0 Å². The number of aliphatic imine (C=N–C) groups is 2. The Morgan fingerprint density at radius 2 is 2.06 bits per heavy atom. The van der Waals surface area contributed by atoms with E-state index in [0.29, 0.717) is 0 Å². The second-order valence-electron chi connectivity index (χ2n) is 3.73. The highest BCUT2D eigenvalue weighted by Gasteiger charge is 2.01. The molecule has 0 fully saturated rings. The summed E-state index contributed by atoms with van der Waals surface area (Å²) < 4.78 is 0. The highest BCUT2D eigenvalue weighted by Crippen LogP contribution is 2.24. The molecule has 1 aromatic carbocycles. The van der Waals surface area contributed by atoms with Gasteiger partial charge < -0.3 is 11.5 Å². The standard InChI is InChI=1S/C14H18N4/c1-4-11(9-18-14(15)16)12-7-6-10(3)13(8-12)17-5-2/h4-9H,1H2,2-3H3,(H4,15,16,18)/b11-9+,17-5?. The van der Waals surface area contributed by atoms with Gasteiger partial charge in [0.2, 0.25) is 0 Å². The first kappa shape index (κ1) is 13.7. The van der Waals surface area contributed by atoms with Crippen LogP contribution in [0.5, 0.6) is 0 Å². The van der Waals surface area contributed by atoms with Crippen molar-refractivity contribution in [3.8, 4) is 0 Å². The fourth-order valence-electron chi connectivity index (χ4n) is 1.46. The van der Waals surface area contributed by atoms with Crippen molar-refractivity contribution in [3.05, 3.63) is 48.2 Å². The number of allylic oxidation sites excluding steroid dienone is 2. The molecule has 1 rings (SSSR count). The van der Waals surface area contributed by atoms with Crippen LogP contribution in [0.4, 0.5) is 5.69 Å². The molecule has 0 bridgehead atoms. The molecule has 0 heterocycles. The van der Waals surface area contributed by atoms with Crippen LogP contribution in [0.15, 0.2) is 47.0 Å². The lowest BCUT2D eigenvalue weighted by Crippen LogP contribution is -2.21. The molecule has 4 nitrogen and oxygen atoms in total. The lowest BCUT2D eigenvalue weighted by Gasteiger charge is -2.05. The molecule has 0 aliphatic rings. The van der Waals surface area contributed by atoms with Crippen molar-refractivity contribution in [1.82, 2.24) is 0 Å². The highest BCUT2D eigenvalue weighted by molar-refractivity contribution is 5.80. The smallest absolute Gasteiger partial charge is 0.190 e. The topological polar surface area (TPSA) is 76.8 Å². The second kappa shape index (κ2) is 6.39. The van der Waals surface area contributed by atoms with Crippen LogP contribution in [0.25, 0.3) is 5.57 Å². The van der Waals surface area contributed by atoms with Crippen molar-refractivity contribution in [2.24, 2.45) is 21.5 Å². The van der Waals surface area contributed by atoms with Gasteiger partial charge in [-0.25, -0.2) is 4.99 Å². The zero-order valence-corrected chi connectivity index (χ0v) is 10.7. The van der Waals surface area contributed by atoms with Crippen LogP contribution in [0.1, 0.15) is 18.1 Å². The van der Waals surface area contributed by atoms with E-state index in [4.69, 9.17) is 11.5 Å². The molecule has 0 aliphatic carbocycles. The van der Waals surface area contributed by atoms with Crippen LogP contribution in [-0.4, -0.2) is 12.2 Å². The Labute approximate surface area is 107 Å². The number of benzene rings is 1. The Hall–Kier alpha value is -2.36. The minimum Gasteiger partial charge on any atom is -0.370 e. The molecule has 0 amide bonds. The summed E-state index contributed by atoms with van der Waals surface area (Å²) in [7, 11) is 0. The maximum Gasteiger partial charge on any atom is 0.190 e. The summed E-state index contributed by atoms with van der Waals surface area (Å²) in [6.45, 7) is 7.65. The number of hydrogen-bond acceptors (Lipinski definition) is 2. The van der Waals surface area contributed by atoms with Gasteiger partial charge in [0.1, 0.15) is 0 Å². The van der Waals surface area contributed by atoms with E-state index < -0.39 is 0 Å². The van der Waals surface area contributed by atoms with Gasteiger partial charge in [0, 0.05) is 12.4 Å². The molecule has 4 N–H and O–H groups in total. The normalized spacial score (nSPS) is 11.6. The number of nitrogens with zero attached hydrogens (tertiary/aromatic N) is 2. The van der Waals surface area contributed by atoms with Gasteiger partial charge in [0.15, 0.2) is 5.96 Å².